The lowest BCUT2D eigenvalue weighted by molar-refractivity contribution is -0.153. The number of esters is 2. The summed E-state index contributed by atoms with van der Waals surface area (Å²) < 4.78 is 16.6. The molecule has 1 heterocycles. The number of nitrogens with one attached hydrogen (secondary N) is 1. The van der Waals surface area contributed by atoms with Gasteiger partial charge in [-0.1, -0.05) is 42.1 Å². The Balaban J connectivity index is 2.22. The molecule has 2 rings (SSSR count). The summed E-state index contributed by atoms with van der Waals surface area (Å²) >= 11 is 1.34. The van der Waals surface area contributed by atoms with Crippen LogP contribution in [-0.2, 0) is 14.3 Å². The van der Waals surface area contributed by atoms with Crippen LogP contribution in [0.1, 0.15) is 49.7 Å². The molecule has 2 aromatic rings. The van der Waals surface area contributed by atoms with Gasteiger partial charge in [0.2, 0.25) is 5.88 Å². The fraction of sp³-hybridized carbons (Fsp3) is 0.455. The predicted molar refractivity (Wildman–Crippen MR) is 118 cm³/mol. The second-order valence-corrected chi connectivity index (χ2v) is 8.30. The van der Waals surface area contributed by atoms with Gasteiger partial charge in [-0.05, 0) is 39.5 Å². The summed E-state index contributed by atoms with van der Waals surface area (Å²) in [7, 11) is 0. The van der Waals surface area contributed by atoms with Gasteiger partial charge in [0.15, 0.2) is 5.16 Å². The van der Waals surface area contributed by atoms with Crippen molar-refractivity contribution in [3.8, 4) is 5.88 Å². The number of rotatable bonds is 10. The van der Waals surface area contributed by atoms with Crippen molar-refractivity contribution in [3.63, 3.8) is 0 Å². The largest absolute Gasteiger partial charge is 0.467 e. The maximum absolute atomic E-state index is 12.4. The Morgan fingerprint density at radius 3 is 2.52 bits per heavy atom. The van der Waals surface area contributed by atoms with Crippen LogP contribution in [0.15, 0.2) is 41.7 Å². The molecule has 0 saturated heterocycles. The van der Waals surface area contributed by atoms with Crippen LogP contribution in [-0.4, -0.2) is 53.5 Å². The highest BCUT2D eigenvalue weighted by atomic mass is 32.2. The van der Waals surface area contributed by atoms with Gasteiger partial charge in [-0.15, -0.1) is 0 Å². The highest BCUT2D eigenvalue weighted by molar-refractivity contribution is 7.98. The van der Waals surface area contributed by atoms with E-state index >= 15 is 0 Å². The summed E-state index contributed by atoms with van der Waals surface area (Å²) in [6.45, 7) is 7.71. The Morgan fingerprint density at radius 2 is 1.90 bits per heavy atom. The summed E-state index contributed by atoms with van der Waals surface area (Å²) in [6, 6.07) is 9.48. The van der Waals surface area contributed by atoms with Crippen molar-refractivity contribution in [2.75, 3.05) is 26.0 Å². The third kappa shape index (κ3) is 8.18. The van der Waals surface area contributed by atoms with Crippen LogP contribution < -0.4 is 10.1 Å². The number of carbonyl (C=O) groups excluding carboxylic acids is 2. The lowest BCUT2D eigenvalue weighted by Gasteiger charge is -2.22. The quantitative estimate of drug-likeness (QED) is 0.333. The zero-order chi connectivity index (χ0) is 22.9. The van der Waals surface area contributed by atoms with E-state index in [0.717, 1.165) is 5.56 Å². The lowest BCUT2D eigenvalue weighted by Crippen LogP contribution is -2.34. The fourth-order valence-corrected chi connectivity index (χ4v) is 2.93. The van der Waals surface area contributed by atoms with Crippen molar-refractivity contribution < 1.29 is 23.8 Å². The first-order valence-corrected chi connectivity index (χ1v) is 11.2. The van der Waals surface area contributed by atoms with Crippen LogP contribution in [0, 0.1) is 0 Å². The van der Waals surface area contributed by atoms with Gasteiger partial charge in [-0.3, -0.25) is 4.79 Å². The first-order valence-electron chi connectivity index (χ1n) is 9.95. The molecule has 0 bridgehead atoms. The molecule has 0 spiro atoms. The minimum atomic E-state index is -0.558. The number of benzene rings is 1. The molecule has 1 unspecified atom stereocenters. The molecule has 1 aromatic carbocycles. The Morgan fingerprint density at radius 1 is 1.19 bits per heavy atom. The maximum Gasteiger partial charge on any atom is 0.345 e. The van der Waals surface area contributed by atoms with Gasteiger partial charge in [0.1, 0.15) is 17.3 Å². The van der Waals surface area contributed by atoms with Crippen molar-refractivity contribution in [1.29, 1.82) is 0 Å². The van der Waals surface area contributed by atoms with E-state index in [1.54, 1.807) is 6.92 Å². The Kier molecular flexibility index (Phi) is 9.26. The summed E-state index contributed by atoms with van der Waals surface area (Å²) in [5, 5.41) is 3.53. The van der Waals surface area contributed by atoms with E-state index in [1.165, 1.54) is 18.0 Å². The molecule has 168 valence electrons. The number of thioether (sulfide) groups is 1. The average molecular weight is 448 g/mol. The van der Waals surface area contributed by atoms with E-state index in [-0.39, 0.29) is 30.6 Å². The van der Waals surface area contributed by atoms with Crippen molar-refractivity contribution >= 4 is 23.7 Å². The number of carbonyl (C=O) groups is 2. The van der Waals surface area contributed by atoms with Crippen LogP contribution in [0.2, 0.25) is 0 Å². The number of hydrogen-bond donors (Lipinski definition) is 1. The van der Waals surface area contributed by atoms with Crippen molar-refractivity contribution in [2.24, 2.45) is 0 Å². The van der Waals surface area contributed by atoms with Crippen LogP contribution in [0.4, 0.5) is 0 Å². The Bertz CT molecular complexity index is 871. The highest BCUT2D eigenvalue weighted by Crippen LogP contribution is 2.25. The smallest absolute Gasteiger partial charge is 0.345 e. The second kappa shape index (κ2) is 11.7. The zero-order valence-electron chi connectivity index (χ0n) is 18.5. The Labute approximate surface area is 187 Å². The number of nitrogens with zero attached hydrogens (tertiary/aromatic N) is 2. The SMILES string of the molecule is CCOC(=O)c1cnc(SC)nc1OC(CNCC(=O)OC(C)(C)C)c1ccccc1. The molecule has 8 nitrogen and oxygen atoms in total. The van der Waals surface area contributed by atoms with Gasteiger partial charge in [0, 0.05) is 12.7 Å². The van der Waals surface area contributed by atoms with Crippen LogP contribution in [0.25, 0.3) is 0 Å². The van der Waals surface area contributed by atoms with Gasteiger partial charge >= 0.3 is 11.9 Å². The van der Waals surface area contributed by atoms with Gasteiger partial charge in [0.25, 0.3) is 0 Å². The molecule has 0 saturated carbocycles. The lowest BCUT2D eigenvalue weighted by atomic mass is 10.1. The van der Waals surface area contributed by atoms with Crippen LogP contribution in [0.5, 0.6) is 5.88 Å². The summed E-state index contributed by atoms with van der Waals surface area (Å²) in [5.74, 6) is -0.789. The van der Waals surface area contributed by atoms with E-state index in [0.29, 0.717) is 11.7 Å². The molecule has 0 aliphatic carbocycles. The molecule has 9 heteroatoms. The normalized spacial score (nSPS) is 12.2. The van der Waals surface area contributed by atoms with Crippen molar-refractivity contribution in [1.82, 2.24) is 15.3 Å². The zero-order valence-corrected chi connectivity index (χ0v) is 19.3. The van der Waals surface area contributed by atoms with Gasteiger partial charge < -0.3 is 19.5 Å². The average Bonchev–Trinajstić information content (AvgIpc) is 2.72. The van der Waals surface area contributed by atoms with E-state index in [4.69, 9.17) is 14.2 Å². The molecule has 0 aliphatic heterocycles. The van der Waals surface area contributed by atoms with Crippen molar-refractivity contribution in [2.45, 2.75) is 44.6 Å². The minimum Gasteiger partial charge on any atom is -0.467 e. The van der Waals surface area contributed by atoms with Gasteiger partial charge in [0.05, 0.1) is 13.2 Å². The predicted octanol–water partition coefficient (Wildman–Crippen LogP) is 3.43. The maximum atomic E-state index is 12.4. The molecule has 0 amide bonds. The van der Waals surface area contributed by atoms with E-state index < -0.39 is 17.7 Å². The van der Waals surface area contributed by atoms with E-state index in [9.17, 15) is 9.59 Å². The molecular weight excluding hydrogens is 418 g/mol. The molecule has 31 heavy (non-hydrogen) atoms. The third-order valence-electron chi connectivity index (χ3n) is 3.85. The molecule has 1 N–H and O–H groups in total. The van der Waals surface area contributed by atoms with Crippen LogP contribution >= 0.6 is 11.8 Å². The molecule has 0 radical (unpaired) electrons. The summed E-state index contributed by atoms with van der Waals surface area (Å²) in [4.78, 5) is 32.9. The monoisotopic (exact) mass is 447 g/mol. The summed E-state index contributed by atoms with van der Waals surface area (Å²) in [5.41, 5.74) is 0.448. The van der Waals surface area contributed by atoms with Gasteiger partial charge in [-0.25, -0.2) is 9.78 Å². The molecule has 1 aromatic heterocycles. The second-order valence-electron chi connectivity index (χ2n) is 7.53. The molecule has 1 atom stereocenters. The van der Waals surface area contributed by atoms with Crippen LogP contribution in [0.3, 0.4) is 0 Å². The first-order chi connectivity index (χ1) is 14.7. The van der Waals surface area contributed by atoms with E-state index in [2.05, 4.69) is 15.3 Å². The summed E-state index contributed by atoms with van der Waals surface area (Å²) in [6.07, 6.45) is 2.73. The standard InChI is InChI=1S/C22H29N3O5S/c1-6-28-20(27)16-12-24-21(31-5)25-19(16)29-17(15-10-8-7-9-11-15)13-23-14-18(26)30-22(2,3)4/h7-12,17,23H,6,13-14H2,1-5H3. The minimum absolute atomic E-state index is 0.0224. The molecule has 0 aliphatic rings. The first kappa shape index (κ1) is 24.6. The van der Waals surface area contributed by atoms with Crippen molar-refractivity contribution in [3.05, 3.63) is 47.7 Å². The number of hydrogen-bond acceptors (Lipinski definition) is 9. The van der Waals surface area contributed by atoms with Gasteiger partial charge in [-0.2, -0.15) is 4.98 Å². The molecular formula is C22H29N3O5S. The topological polar surface area (TPSA) is 99.6 Å². The number of aromatic nitrogens is 2. The fourth-order valence-electron chi connectivity index (χ4n) is 2.60. The molecule has 0 fully saturated rings. The third-order valence-corrected chi connectivity index (χ3v) is 4.42. The Hall–Kier alpha value is -2.65. The highest BCUT2D eigenvalue weighted by Gasteiger charge is 2.23. The number of ether oxygens (including phenoxy) is 3. The van der Waals surface area contributed by atoms with E-state index in [1.807, 2.05) is 57.4 Å².